The molecule has 4 nitrogen and oxygen atoms in total. The van der Waals surface area contributed by atoms with E-state index in [0.717, 1.165) is 11.1 Å². The zero-order valence-electron chi connectivity index (χ0n) is 15.3. The van der Waals surface area contributed by atoms with Crippen LogP contribution in [0, 0.1) is 19.3 Å². The standard InChI is InChI=1S/C21H26N2O2/c1-15-5-9-17(10-6-15)13-22-19(24)21(3,4)20(25)23-14-18-11-7-16(2)8-12-18/h5-12H,13-14H2,1-4H3,(H,22,24)(H,23,25). The second-order valence-corrected chi connectivity index (χ2v) is 6.96. The third kappa shape index (κ3) is 5.18. The fourth-order valence-corrected chi connectivity index (χ4v) is 2.32. The number of amides is 2. The lowest BCUT2D eigenvalue weighted by atomic mass is 9.91. The van der Waals surface area contributed by atoms with Gasteiger partial charge in [-0.3, -0.25) is 9.59 Å². The molecular weight excluding hydrogens is 312 g/mol. The third-order valence-corrected chi connectivity index (χ3v) is 4.28. The van der Waals surface area contributed by atoms with Gasteiger partial charge in [-0.05, 0) is 38.8 Å². The fourth-order valence-electron chi connectivity index (χ4n) is 2.32. The first kappa shape index (κ1) is 18.7. The molecule has 2 rings (SSSR count). The van der Waals surface area contributed by atoms with Crippen LogP contribution in [0.4, 0.5) is 0 Å². The van der Waals surface area contributed by atoms with E-state index in [-0.39, 0.29) is 11.8 Å². The number of hydrogen-bond donors (Lipinski definition) is 2. The minimum absolute atomic E-state index is 0.283. The van der Waals surface area contributed by atoms with E-state index in [4.69, 9.17) is 0 Å². The summed E-state index contributed by atoms with van der Waals surface area (Å²) in [5.41, 5.74) is 3.23. The number of carbonyl (C=O) groups excluding carboxylic acids is 2. The molecule has 0 bridgehead atoms. The highest BCUT2D eigenvalue weighted by molar-refractivity contribution is 6.04. The van der Waals surface area contributed by atoms with Gasteiger partial charge >= 0.3 is 0 Å². The van der Waals surface area contributed by atoms with Gasteiger partial charge in [-0.25, -0.2) is 0 Å². The molecule has 0 aliphatic carbocycles. The largest absolute Gasteiger partial charge is 0.351 e. The maximum atomic E-state index is 12.4. The molecule has 4 heteroatoms. The predicted molar refractivity (Wildman–Crippen MR) is 99.8 cm³/mol. The molecule has 0 aliphatic heterocycles. The molecule has 0 saturated carbocycles. The molecule has 0 radical (unpaired) electrons. The van der Waals surface area contributed by atoms with E-state index >= 15 is 0 Å². The number of hydrogen-bond acceptors (Lipinski definition) is 2. The second-order valence-electron chi connectivity index (χ2n) is 6.96. The highest BCUT2D eigenvalue weighted by atomic mass is 16.2. The van der Waals surface area contributed by atoms with Crippen molar-refractivity contribution in [3.05, 3.63) is 70.8 Å². The van der Waals surface area contributed by atoms with Crippen molar-refractivity contribution in [3.63, 3.8) is 0 Å². The average molecular weight is 338 g/mol. The van der Waals surface area contributed by atoms with Crippen molar-refractivity contribution in [2.75, 3.05) is 0 Å². The first-order valence-electron chi connectivity index (χ1n) is 8.47. The molecule has 2 amide bonds. The van der Waals surface area contributed by atoms with Crippen molar-refractivity contribution in [1.29, 1.82) is 0 Å². The fraction of sp³-hybridized carbons (Fsp3) is 0.333. The summed E-state index contributed by atoms with van der Waals surface area (Å²) < 4.78 is 0. The van der Waals surface area contributed by atoms with Gasteiger partial charge in [0.15, 0.2) is 0 Å². The molecule has 2 N–H and O–H groups in total. The van der Waals surface area contributed by atoms with Crippen LogP contribution in [0.1, 0.15) is 36.1 Å². The van der Waals surface area contributed by atoms with Crippen molar-refractivity contribution < 1.29 is 9.59 Å². The SMILES string of the molecule is Cc1ccc(CNC(=O)C(C)(C)C(=O)NCc2ccc(C)cc2)cc1. The summed E-state index contributed by atoms with van der Waals surface area (Å²) in [7, 11) is 0. The van der Waals surface area contributed by atoms with Gasteiger partial charge < -0.3 is 10.6 Å². The van der Waals surface area contributed by atoms with Crippen LogP contribution in [-0.2, 0) is 22.7 Å². The first-order valence-corrected chi connectivity index (χ1v) is 8.47. The quantitative estimate of drug-likeness (QED) is 0.794. The summed E-state index contributed by atoms with van der Waals surface area (Å²) in [6.07, 6.45) is 0. The van der Waals surface area contributed by atoms with Gasteiger partial charge in [0.1, 0.15) is 5.41 Å². The maximum Gasteiger partial charge on any atom is 0.235 e. The van der Waals surface area contributed by atoms with Gasteiger partial charge in [0.25, 0.3) is 0 Å². The monoisotopic (exact) mass is 338 g/mol. The van der Waals surface area contributed by atoms with Crippen LogP contribution in [0.3, 0.4) is 0 Å². The minimum atomic E-state index is -1.13. The highest BCUT2D eigenvalue weighted by Gasteiger charge is 2.35. The summed E-state index contributed by atoms with van der Waals surface area (Å²) in [6.45, 7) is 8.14. The van der Waals surface area contributed by atoms with Crippen LogP contribution in [0.5, 0.6) is 0 Å². The molecule has 0 fully saturated rings. The number of rotatable bonds is 6. The van der Waals surface area contributed by atoms with Crippen molar-refractivity contribution in [2.24, 2.45) is 5.41 Å². The van der Waals surface area contributed by atoms with E-state index in [1.165, 1.54) is 11.1 Å². The molecule has 2 aromatic carbocycles. The lowest BCUT2D eigenvalue weighted by Gasteiger charge is -2.23. The van der Waals surface area contributed by atoms with Crippen LogP contribution < -0.4 is 10.6 Å². The Morgan fingerprint density at radius 2 is 1.04 bits per heavy atom. The number of aryl methyl sites for hydroxylation is 2. The van der Waals surface area contributed by atoms with Crippen molar-refractivity contribution in [1.82, 2.24) is 10.6 Å². The van der Waals surface area contributed by atoms with Crippen molar-refractivity contribution >= 4 is 11.8 Å². The van der Waals surface area contributed by atoms with Gasteiger partial charge in [0.2, 0.25) is 11.8 Å². The first-order chi connectivity index (χ1) is 11.8. The number of benzene rings is 2. The molecule has 2 aromatic rings. The summed E-state index contributed by atoms with van der Waals surface area (Å²) in [6, 6.07) is 15.9. The molecular formula is C21H26N2O2. The molecule has 0 saturated heterocycles. The summed E-state index contributed by atoms with van der Waals surface area (Å²) >= 11 is 0. The molecule has 25 heavy (non-hydrogen) atoms. The Morgan fingerprint density at radius 1 is 0.720 bits per heavy atom. The topological polar surface area (TPSA) is 58.2 Å². The molecule has 0 aromatic heterocycles. The zero-order chi connectivity index (χ0) is 18.4. The summed E-state index contributed by atoms with van der Waals surface area (Å²) in [5, 5.41) is 5.69. The lowest BCUT2D eigenvalue weighted by molar-refractivity contribution is -0.141. The van der Waals surface area contributed by atoms with Crippen LogP contribution in [-0.4, -0.2) is 11.8 Å². The van der Waals surface area contributed by atoms with Crippen LogP contribution in [0.15, 0.2) is 48.5 Å². The second kappa shape index (κ2) is 7.97. The minimum Gasteiger partial charge on any atom is -0.351 e. The Balaban J connectivity index is 1.89. The average Bonchev–Trinajstić information content (AvgIpc) is 2.60. The molecule has 0 heterocycles. The highest BCUT2D eigenvalue weighted by Crippen LogP contribution is 2.16. The smallest absolute Gasteiger partial charge is 0.235 e. The Bertz CT molecular complexity index is 668. The summed E-state index contributed by atoms with van der Waals surface area (Å²) in [4.78, 5) is 24.9. The van der Waals surface area contributed by atoms with Gasteiger partial charge in [-0.1, -0.05) is 59.7 Å². The van der Waals surface area contributed by atoms with Gasteiger partial charge in [-0.2, -0.15) is 0 Å². The molecule has 132 valence electrons. The van der Waals surface area contributed by atoms with E-state index in [1.807, 2.05) is 62.4 Å². The van der Waals surface area contributed by atoms with E-state index in [2.05, 4.69) is 10.6 Å². The molecule has 0 spiro atoms. The van der Waals surface area contributed by atoms with E-state index in [1.54, 1.807) is 13.8 Å². The van der Waals surface area contributed by atoms with E-state index < -0.39 is 5.41 Å². The Labute approximate surface area is 149 Å². The van der Waals surface area contributed by atoms with Gasteiger partial charge in [0.05, 0.1) is 0 Å². The molecule has 0 atom stereocenters. The normalized spacial score (nSPS) is 11.0. The zero-order valence-corrected chi connectivity index (χ0v) is 15.3. The molecule has 0 aliphatic rings. The van der Waals surface area contributed by atoms with Crippen molar-refractivity contribution in [2.45, 2.75) is 40.8 Å². The Hall–Kier alpha value is -2.62. The third-order valence-electron chi connectivity index (χ3n) is 4.28. The van der Waals surface area contributed by atoms with Crippen LogP contribution in [0.25, 0.3) is 0 Å². The van der Waals surface area contributed by atoms with E-state index in [0.29, 0.717) is 13.1 Å². The van der Waals surface area contributed by atoms with Gasteiger partial charge in [0, 0.05) is 13.1 Å². The lowest BCUT2D eigenvalue weighted by Crippen LogP contribution is -2.47. The number of nitrogens with one attached hydrogen (secondary N) is 2. The Morgan fingerprint density at radius 3 is 1.36 bits per heavy atom. The summed E-state index contributed by atoms with van der Waals surface area (Å²) in [5.74, 6) is -0.566. The maximum absolute atomic E-state index is 12.4. The Kier molecular flexibility index (Phi) is 5.97. The van der Waals surface area contributed by atoms with E-state index in [9.17, 15) is 9.59 Å². The van der Waals surface area contributed by atoms with Crippen LogP contribution in [0.2, 0.25) is 0 Å². The van der Waals surface area contributed by atoms with Crippen LogP contribution >= 0.6 is 0 Å². The van der Waals surface area contributed by atoms with Crippen molar-refractivity contribution in [3.8, 4) is 0 Å². The molecule has 0 unspecified atom stereocenters. The number of carbonyl (C=O) groups is 2. The predicted octanol–water partition coefficient (Wildman–Crippen LogP) is 3.26. The van der Waals surface area contributed by atoms with Gasteiger partial charge in [-0.15, -0.1) is 0 Å².